The molecule has 2 aromatic rings. The zero-order chi connectivity index (χ0) is 19.3. The molecule has 6 nitrogen and oxygen atoms in total. The molecule has 1 amide bonds. The Kier molecular flexibility index (Phi) is 6.26. The molecular formula is C19H24N2O4S. The SMILES string of the molecule is CC[C@@H](Oc1ccc(N(C)S(C)(=O)=O)cc1)C(=O)Nc1ccccc1C. The number of rotatable bonds is 7. The molecule has 140 valence electrons. The Hall–Kier alpha value is -2.54. The predicted octanol–water partition coefficient (Wildman–Crippen LogP) is 3.19. The second-order valence-electron chi connectivity index (χ2n) is 6.04. The molecule has 0 aliphatic carbocycles. The van der Waals surface area contributed by atoms with E-state index >= 15 is 0 Å². The molecule has 0 heterocycles. The Balaban J connectivity index is 2.07. The second kappa shape index (κ2) is 8.23. The molecule has 7 heteroatoms. The lowest BCUT2D eigenvalue weighted by Crippen LogP contribution is -2.32. The number of sulfonamides is 1. The fourth-order valence-corrected chi connectivity index (χ4v) is 2.84. The first-order valence-corrected chi connectivity index (χ1v) is 10.1. The van der Waals surface area contributed by atoms with Crippen molar-refractivity contribution in [2.24, 2.45) is 0 Å². The minimum atomic E-state index is -3.32. The highest BCUT2D eigenvalue weighted by Gasteiger charge is 2.19. The van der Waals surface area contributed by atoms with Crippen LogP contribution in [0, 0.1) is 6.92 Å². The third kappa shape index (κ3) is 4.98. The molecule has 0 saturated carbocycles. The highest BCUT2D eigenvalue weighted by molar-refractivity contribution is 7.92. The molecule has 26 heavy (non-hydrogen) atoms. The van der Waals surface area contributed by atoms with Crippen molar-refractivity contribution in [2.75, 3.05) is 22.9 Å². The van der Waals surface area contributed by atoms with Gasteiger partial charge < -0.3 is 10.1 Å². The molecule has 0 unspecified atom stereocenters. The van der Waals surface area contributed by atoms with Crippen LogP contribution >= 0.6 is 0 Å². The van der Waals surface area contributed by atoms with Gasteiger partial charge in [-0.1, -0.05) is 25.1 Å². The van der Waals surface area contributed by atoms with Gasteiger partial charge in [0.25, 0.3) is 5.91 Å². The molecule has 1 atom stereocenters. The number of carbonyl (C=O) groups excluding carboxylic acids is 1. The lowest BCUT2D eigenvalue weighted by molar-refractivity contribution is -0.122. The monoisotopic (exact) mass is 376 g/mol. The van der Waals surface area contributed by atoms with Gasteiger partial charge >= 0.3 is 0 Å². The quantitative estimate of drug-likeness (QED) is 0.805. The first-order chi connectivity index (χ1) is 12.2. The zero-order valence-electron chi connectivity index (χ0n) is 15.4. The van der Waals surface area contributed by atoms with Gasteiger partial charge in [-0.2, -0.15) is 0 Å². The number of hydrogen-bond donors (Lipinski definition) is 1. The summed E-state index contributed by atoms with van der Waals surface area (Å²) >= 11 is 0. The van der Waals surface area contributed by atoms with E-state index in [1.54, 1.807) is 24.3 Å². The molecule has 0 aromatic heterocycles. The predicted molar refractivity (Wildman–Crippen MR) is 104 cm³/mol. The molecule has 0 radical (unpaired) electrons. The van der Waals surface area contributed by atoms with E-state index in [0.717, 1.165) is 17.5 Å². The normalized spacial score (nSPS) is 12.3. The number of aryl methyl sites for hydroxylation is 1. The third-order valence-electron chi connectivity index (χ3n) is 4.04. The van der Waals surface area contributed by atoms with Crippen LogP contribution < -0.4 is 14.4 Å². The van der Waals surface area contributed by atoms with Crippen LogP contribution in [0.4, 0.5) is 11.4 Å². The minimum Gasteiger partial charge on any atom is -0.481 e. The number of nitrogens with one attached hydrogen (secondary N) is 1. The van der Waals surface area contributed by atoms with Crippen LogP contribution in [-0.2, 0) is 14.8 Å². The van der Waals surface area contributed by atoms with Crippen molar-refractivity contribution in [1.29, 1.82) is 0 Å². The molecule has 0 aliphatic heterocycles. The summed E-state index contributed by atoms with van der Waals surface area (Å²) in [6, 6.07) is 14.1. The van der Waals surface area contributed by atoms with E-state index in [-0.39, 0.29) is 5.91 Å². The summed E-state index contributed by atoms with van der Waals surface area (Å²) in [5, 5.41) is 2.88. The highest BCUT2D eigenvalue weighted by Crippen LogP contribution is 2.22. The minimum absolute atomic E-state index is 0.223. The number of benzene rings is 2. The average molecular weight is 376 g/mol. The smallest absolute Gasteiger partial charge is 0.265 e. The van der Waals surface area contributed by atoms with Gasteiger partial charge in [-0.3, -0.25) is 9.10 Å². The lowest BCUT2D eigenvalue weighted by atomic mass is 10.2. The summed E-state index contributed by atoms with van der Waals surface area (Å²) in [5.74, 6) is 0.279. The Morgan fingerprint density at radius 2 is 1.77 bits per heavy atom. The molecule has 0 aliphatic rings. The van der Waals surface area contributed by atoms with Crippen LogP contribution in [0.3, 0.4) is 0 Å². The average Bonchev–Trinajstić information content (AvgIpc) is 2.60. The summed E-state index contributed by atoms with van der Waals surface area (Å²) in [7, 11) is -1.84. The molecule has 0 fully saturated rings. The number of anilines is 2. The molecular weight excluding hydrogens is 352 g/mol. The fourth-order valence-electron chi connectivity index (χ4n) is 2.34. The Morgan fingerprint density at radius 3 is 2.31 bits per heavy atom. The highest BCUT2D eigenvalue weighted by atomic mass is 32.2. The molecule has 0 bridgehead atoms. The summed E-state index contributed by atoms with van der Waals surface area (Å²) in [5.41, 5.74) is 2.26. The van der Waals surface area contributed by atoms with Crippen molar-refractivity contribution in [3.05, 3.63) is 54.1 Å². The standard InChI is InChI=1S/C19H24N2O4S/c1-5-18(19(22)20-17-9-7-6-8-14(17)2)25-16-12-10-15(11-13-16)21(3)26(4,23)24/h6-13,18H,5H2,1-4H3,(H,20,22)/t18-/m1/s1. The van der Waals surface area contributed by atoms with Crippen molar-refractivity contribution >= 4 is 27.3 Å². The van der Waals surface area contributed by atoms with Gasteiger partial charge in [0.15, 0.2) is 6.10 Å². The topological polar surface area (TPSA) is 75.7 Å². The molecule has 2 rings (SSSR count). The van der Waals surface area contributed by atoms with Crippen LogP contribution in [0.2, 0.25) is 0 Å². The van der Waals surface area contributed by atoms with Crippen molar-refractivity contribution < 1.29 is 17.9 Å². The van der Waals surface area contributed by atoms with E-state index in [0.29, 0.717) is 17.9 Å². The fraction of sp³-hybridized carbons (Fsp3) is 0.316. The maximum atomic E-state index is 12.5. The molecule has 2 aromatic carbocycles. The number of ether oxygens (including phenoxy) is 1. The second-order valence-corrected chi connectivity index (χ2v) is 8.06. The van der Waals surface area contributed by atoms with E-state index in [4.69, 9.17) is 4.74 Å². The Labute approximate surface area is 154 Å². The van der Waals surface area contributed by atoms with Crippen LogP contribution in [0.1, 0.15) is 18.9 Å². The molecule has 1 N–H and O–H groups in total. The Bertz CT molecular complexity index is 863. The Morgan fingerprint density at radius 1 is 1.15 bits per heavy atom. The van der Waals surface area contributed by atoms with Crippen LogP contribution in [0.15, 0.2) is 48.5 Å². The van der Waals surface area contributed by atoms with E-state index in [9.17, 15) is 13.2 Å². The maximum absolute atomic E-state index is 12.5. The number of para-hydroxylation sites is 1. The summed E-state index contributed by atoms with van der Waals surface area (Å²) < 4.78 is 30.1. The summed E-state index contributed by atoms with van der Waals surface area (Å²) in [4.78, 5) is 12.5. The third-order valence-corrected chi connectivity index (χ3v) is 5.25. The largest absolute Gasteiger partial charge is 0.481 e. The lowest BCUT2D eigenvalue weighted by Gasteiger charge is -2.20. The van der Waals surface area contributed by atoms with Gasteiger partial charge in [0.05, 0.1) is 11.9 Å². The van der Waals surface area contributed by atoms with Gasteiger partial charge in [-0.15, -0.1) is 0 Å². The van der Waals surface area contributed by atoms with Gasteiger partial charge in [-0.25, -0.2) is 8.42 Å². The van der Waals surface area contributed by atoms with Gasteiger partial charge in [-0.05, 0) is 49.2 Å². The van der Waals surface area contributed by atoms with Crippen molar-refractivity contribution in [1.82, 2.24) is 0 Å². The summed E-state index contributed by atoms with van der Waals surface area (Å²) in [6.07, 6.45) is 0.997. The van der Waals surface area contributed by atoms with E-state index in [1.165, 1.54) is 11.4 Å². The first-order valence-electron chi connectivity index (χ1n) is 8.29. The van der Waals surface area contributed by atoms with Crippen LogP contribution in [-0.4, -0.2) is 33.7 Å². The van der Waals surface area contributed by atoms with E-state index in [2.05, 4.69) is 5.32 Å². The van der Waals surface area contributed by atoms with Crippen molar-refractivity contribution in [3.8, 4) is 5.75 Å². The number of nitrogens with zero attached hydrogens (tertiary/aromatic N) is 1. The van der Waals surface area contributed by atoms with Gasteiger partial charge in [0.2, 0.25) is 10.0 Å². The molecule has 0 spiro atoms. The maximum Gasteiger partial charge on any atom is 0.265 e. The van der Waals surface area contributed by atoms with Gasteiger partial charge in [0.1, 0.15) is 5.75 Å². The van der Waals surface area contributed by atoms with E-state index < -0.39 is 16.1 Å². The molecule has 0 saturated heterocycles. The van der Waals surface area contributed by atoms with Crippen LogP contribution in [0.25, 0.3) is 0 Å². The van der Waals surface area contributed by atoms with Gasteiger partial charge in [0, 0.05) is 12.7 Å². The summed E-state index contributed by atoms with van der Waals surface area (Å²) in [6.45, 7) is 3.79. The van der Waals surface area contributed by atoms with Crippen molar-refractivity contribution in [2.45, 2.75) is 26.4 Å². The number of hydrogen-bond acceptors (Lipinski definition) is 4. The number of carbonyl (C=O) groups is 1. The van der Waals surface area contributed by atoms with Crippen molar-refractivity contribution in [3.63, 3.8) is 0 Å². The zero-order valence-corrected chi connectivity index (χ0v) is 16.2. The van der Waals surface area contributed by atoms with E-state index in [1.807, 2.05) is 38.1 Å². The van der Waals surface area contributed by atoms with Crippen LogP contribution in [0.5, 0.6) is 5.75 Å². The first kappa shape index (κ1) is 19.8. The number of amides is 1.